The van der Waals surface area contributed by atoms with Crippen molar-refractivity contribution in [2.45, 2.75) is 45.7 Å². The summed E-state index contributed by atoms with van der Waals surface area (Å²) in [7, 11) is 0. The third-order valence-electron chi connectivity index (χ3n) is 3.36. The van der Waals surface area contributed by atoms with Crippen molar-refractivity contribution in [3.63, 3.8) is 0 Å². The largest absolute Gasteiger partial charge is 0.313 e. The highest BCUT2D eigenvalue weighted by Crippen LogP contribution is 2.19. The number of likely N-dealkylation sites (tertiary alicyclic amines) is 1. The second-order valence-electron chi connectivity index (χ2n) is 5.04. The molecule has 2 heterocycles. The molecule has 0 saturated carbocycles. The number of nitrogens with one attached hydrogen (secondary N) is 1. The molecule has 1 unspecified atom stereocenters. The van der Waals surface area contributed by atoms with Crippen molar-refractivity contribution < 1.29 is 0 Å². The molecule has 17 heavy (non-hydrogen) atoms. The van der Waals surface area contributed by atoms with Gasteiger partial charge in [0.15, 0.2) is 0 Å². The van der Waals surface area contributed by atoms with E-state index in [1.807, 2.05) is 11.3 Å². The molecule has 0 aromatic carbocycles. The van der Waals surface area contributed by atoms with Crippen LogP contribution in [0.25, 0.3) is 0 Å². The molecule has 96 valence electrons. The molecule has 0 spiro atoms. The van der Waals surface area contributed by atoms with E-state index in [2.05, 4.69) is 36.2 Å². The van der Waals surface area contributed by atoms with E-state index in [0.717, 1.165) is 13.1 Å². The summed E-state index contributed by atoms with van der Waals surface area (Å²) >= 11 is 1.94. The van der Waals surface area contributed by atoms with Crippen LogP contribution in [0.1, 0.15) is 35.9 Å². The van der Waals surface area contributed by atoms with E-state index in [1.165, 1.54) is 42.1 Å². The van der Waals surface area contributed by atoms with Crippen LogP contribution in [0.2, 0.25) is 0 Å². The summed E-state index contributed by atoms with van der Waals surface area (Å²) < 4.78 is 0. The molecule has 1 aliphatic rings. The number of hydrogen-bond acceptors (Lipinski definition) is 3. The molecule has 3 heteroatoms. The van der Waals surface area contributed by atoms with Crippen molar-refractivity contribution in [1.82, 2.24) is 10.2 Å². The second-order valence-corrected chi connectivity index (χ2v) is 6.41. The number of thiophene rings is 1. The maximum Gasteiger partial charge on any atom is 0.0328 e. The van der Waals surface area contributed by atoms with Crippen molar-refractivity contribution in [3.8, 4) is 0 Å². The van der Waals surface area contributed by atoms with Crippen molar-refractivity contribution in [2.75, 3.05) is 19.6 Å². The first-order chi connectivity index (χ1) is 8.28. The minimum absolute atomic E-state index is 0.713. The van der Waals surface area contributed by atoms with E-state index in [0.29, 0.717) is 6.04 Å². The Balaban J connectivity index is 1.80. The van der Waals surface area contributed by atoms with E-state index in [1.54, 1.807) is 0 Å². The SMILES string of the molecule is CCCNC1CCCN(Cc2ccc(C)s2)C1. The number of rotatable bonds is 5. The predicted octanol–water partition coefficient (Wildman–Crippen LogP) is 3.02. The van der Waals surface area contributed by atoms with Crippen LogP contribution in [-0.4, -0.2) is 30.6 Å². The minimum atomic E-state index is 0.713. The summed E-state index contributed by atoms with van der Waals surface area (Å²) in [6, 6.07) is 5.23. The van der Waals surface area contributed by atoms with Gasteiger partial charge in [0.1, 0.15) is 0 Å². The van der Waals surface area contributed by atoms with Crippen LogP contribution in [0.15, 0.2) is 12.1 Å². The summed E-state index contributed by atoms with van der Waals surface area (Å²) in [5.74, 6) is 0. The summed E-state index contributed by atoms with van der Waals surface area (Å²) in [5.41, 5.74) is 0. The van der Waals surface area contributed by atoms with Gasteiger partial charge in [-0.1, -0.05) is 6.92 Å². The van der Waals surface area contributed by atoms with Crippen molar-refractivity contribution in [1.29, 1.82) is 0 Å². The Morgan fingerprint density at radius 3 is 3.06 bits per heavy atom. The Morgan fingerprint density at radius 2 is 2.35 bits per heavy atom. The van der Waals surface area contributed by atoms with Crippen LogP contribution in [0.3, 0.4) is 0 Å². The number of piperidine rings is 1. The van der Waals surface area contributed by atoms with Crippen LogP contribution in [0.4, 0.5) is 0 Å². The molecule has 0 bridgehead atoms. The Morgan fingerprint density at radius 1 is 1.47 bits per heavy atom. The van der Waals surface area contributed by atoms with Gasteiger partial charge in [0, 0.05) is 28.9 Å². The number of hydrogen-bond donors (Lipinski definition) is 1. The van der Waals surface area contributed by atoms with E-state index < -0.39 is 0 Å². The fraction of sp³-hybridized carbons (Fsp3) is 0.714. The van der Waals surface area contributed by atoms with E-state index in [4.69, 9.17) is 0 Å². The average Bonchev–Trinajstić information content (AvgIpc) is 2.73. The first-order valence-electron chi connectivity index (χ1n) is 6.79. The lowest BCUT2D eigenvalue weighted by Gasteiger charge is -2.33. The van der Waals surface area contributed by atoms with Crippen LogP contribution >= 0.6 is 11.3 Å². The van der Waals surface area contributed by atoms with Gasteiger partial charge in [-0.05, 0) is 51.4 Å². The van der Waals surface area contributed by atoms with Crippen molar-refractivity contribution in [3.05, 3.63) is 21.9 Å². The maximum atomic E-state index is 3.65. The lowest BCUT2D eigenvalue weighted by molar-refractivity contribution is 0.185. The molecule has 1 N–H and O–H groups in total. The highest BCUT2D eigenvalue weighted by atomic mass is 32.1. The molecule has 0 amide bonds. The van der Waals surface area contributed by atoms with E-state index in [-0.39, 0.29) is 0 Å². The highest BCUT2D eigenvalue weighted by molar-refractivity contribution is 7.11. The summed E-state index contributed by atoms with van der Waals surface area (Å²) in [5, 5.41) is 3.65. The van der Waals surface area contributed by atoms with Gasteiger partial charge in [-0.15, -0.1) is 11.3 Å². The fourth-order valence-electron chi connectivity index (χ4n) is 2.50. The van der Waals surface area contributed by atoms with Crippen molar-refractivity contribution in [2.24, 2.45) is 0 Å². The topological polar surface area (TPSA) is 15.3 Å². The lowest BCUT2D eigenvalue weighted by Crippen LogP contribution is -2.45. The smallest absolute Gasteiger partial charge is 0.0328 e. The minimum Gasteiger partial charge on any atom is -0.313 e. The summed E-state index contributed by atoms with van der Waals surface area (Å²) in [4.78, 5) is 5.54. The monoisotopic (exact) mass is 252 g/mol. The molecule has 1 saturated heterocycles. The summed E-state index contributed by atoms with van der Waals surface area (Å²) in [6.07, 6.45) is 3.92. The van der Waals surface area contributed by atoms with Gasteiger partial charge in [-0.25, -0.2) is 0 Å². The molecule has 1 atom stereocenters. The van der Waals surface area contributed by atoms with Gasteiger partial charge in [0.25, 0.3) is 0 Å². The lowest BCUT2D eigenvalue weighted by atomic mass is 10.1. The van der Waals surface area contributed by atoms with Gasteiger partial charge in [-0.3, -0.25) is 4.90 Å². The first kappa shape index (κ1) is 13.1. The Kier molecular flexibility index (Phi) is 5.01. The molecule has 1 aromatic rings. The standard InChI is InChI=1S/C14H24N2S/c1-3-8-15-13-5-4-9-16(10-13)11-14-7-6-12(2)17-14/h6-7,13,15H,3-5,8-11H2,1-2H3. The third kappa shape index (κ3) is 4.09. The number of nitrogens with zero attached hydrogens (tertiary/aromatic N) is 1. The molecule has 0 aliphatic carbocycles. The molecule has 1 fully saturated rings. The van der Waals surface area contributed by atoms with Crippen LogP contribution in [0.5, 0.6) is 0 Å². The Hall–Kier alpha value is -0.380. The summed E-state index contributed by atoms with van der Waals surface area (Å²) in [6.45, 7) is 9.22. The zero-order chi connectivity index (χ0) is 12.1. The zero-order valence-corrected chi connectivity index (χ0v) is 11.9. The van der Waals surface area contributed by atoms with Gasteiger partial charge in [0.2, 0.25) is 0 Å². The molecular weight excluding hydrogens is 228 g/mol. The average molecular weight is 252 g/mol. The highest BCUT2D eigenvalue weighted by Gasteiger charge is 2.19. The van der Waals surface area contributed by atoms with Crippen LogP contribution < -0.4 is 5.32 Å². The number of aryl methyl sites for hydroxylation is 1. The maximum absolute atomic E-state index is 3.65. The van der Waals surface area contributed by atoms with Gasteiger partial charge in [0.05, 0.1) is 0 Å². The molecular formula is C14H24N2S. The molecule has 1 aliphatic heterocycles. The van der Waals surface area contributed by atoms with Gasteiger partial charge in [-0.2, -0.15) is 0 Å². The zero-order valence-electron chi connectivity index (χ0n) is 11.0. The normalized spacial score (nSPS) is 21.9. The molecule has 2 nitrogen and oxygen atoms in total. The molecule has 2 rings (SSSR count). The second kappa shape index (κ2) is 6.53. The van der Waals surface area contributed by atoms with Gasteiger partial charge < -0.3 is 5.32 Å². The quantitative estimate of drug-likeness (QED) is 0.866. The third-order valence-corrected chi connectivity index (χ3v) is 4.35. The first-order valence-corrected chi connectivity index (χ1v) is 7.60. The fourth-order valence-corrected chi connectivity index (χ4v) is 3.44. The predicted molar refractivity (Wildman–Crippen MR) is 75.6 cm³/mol. The van der Waals surface area contributed by atoms with Crippen LogP contribution in [-0.2, 0) is 6.54 Å². The van der Waals surface area contributed by atoms with E-state index >= 15 is 0 Å². The Labute approximate surface area is 109 Å². The van der Waals surface area contributed by atoms with Gasteiger partial charge >= 0.3 is 0 Å². The van der Waals surface area contributed by atoms with Crippen molar-refractivity contribution >= 4 is 11.3 Å². The Bertz CT molecular complexity index is 335. The van der Waals surface area contributed by atoms with E-state index in [9.17, 15) is 0 Å². The van der Waals surface area contributed by atoms with Crippen LogP contribution in [0, 0.1) is 6.92 Å². The molecule has 0 radical (unpaired) electrons. The molecule has 1 aromatic heterocycles.